The van der Waals surface area contributed by atoms with Crippen molar-refractivity contribution in [2.24, 2.45) is 0 Å². The van der Waals surface area contributed by atoms with Crippen LogP contribution in [0.5, 0.6) is 5.75 Å². The Morgan fingerprint density at radius 1 is 1.11 bits per heavy atom. The minimum absolute atomic E-state index is 0.152. The minimum Gasteiger partial charge on any atom is -0.484 e. The van der Waals surface area contributed by atoms with Crippen LogP contribution in [0.1, 0.15) is 21.5 Å². The number of benzene rings is 2. The summed E-state index contributed by atoms with van der Waals surface area (Å²) < 4.78 is 7.42. The van der Waals surface area contributed by atoms with Crippen molar-refractivity contribution in [3.8, 4) is 5.75 Å². The number of hydrogen-bond donors (Lipinski definition) is 3. The molecule has 1 aliphatic rings. The van der Waals surface area contributed by atoms with Gasteiger partial charge in [-0.15, -0.1) is 0 Å². The number of hydrogen-bond acceptors (Lipinski definition) is 6. The van der Waals surface area contributed by atoms with Gasteiger partial charge in [0.25, 0.3) is 11.8 Å². The maximum atomic E-state index is 12.4. The number of imidazole rings is 1. The Balaban J connectivity index is 1.15. The highest BCUT2D eigenvalue weighted by atomic mass is 16.5. The molecule has 9 heteroatoms. The summed E-state index contributed by atoms with van der Waals surface area (Å²) >= 11 is 0. The van der Waals surface area contributed by atoms with E-state index in [1.165, 1.54) is 11.1 Å². The highest BCUT2D eigenvalue weighted by molar-refractivity contribution is 5.94. The number of carbonyl (C=O) groups excluding carboxylic acids is 2. The first-order valence-electron chi connectivity index (χ1n) is 11.8. The fraction of sp³-hybridized carbons (Fsp3) is 0.346. The molecule has 2 heterocycles. The van der Waals surface area contributed by atoms with Crippen LogP contribution < -0.4 is 15.4 Å². The van der Waals surface area contributed by atoms with Crippen molar-refractivity contribution in [1.82, 2.24) is 25.1 Å². The van der Waals surface area contributed by atoms with Crippen molar-refractivity contribution in [2.45, 2.75) is 25.6 Å². The van der Waals surface area contributed by atoms with Gasteiger partial charge in [-0.05, 0) is 35.7 Å². The zero-order valence-electron chi connectivity index (χ0n) is 19.6. The van der Waals surface area contributed by atoms with Gasteiger partial charge in [0.15, 0.2) is 6.61 Å². The van der Waals surface area contributed by atoms with Crippen molar-refractivity contribution in [1.29, 1.82) is 0 Å². The lowest BCUT2D eigenvalue weighted by molar-refractivity contribution is -0.123. The van der Waals surface area contributed by atoms with Crippen LogP contribution in [-0.2, 0) is 24.3 Å². The molecule has 0 saturated heterocycles. The highest BCUT2D eigenvalue weighted by Crippen LogP contribution is 2.18. The summed E-state index contributed by atoms with van der Waals surface area (Å²) in [5.41, 5.74) is 3.10. The van der Waals surface area contributed by atoms with Crippen LogP contribution in [0, 0.1) is 0 Å². The van der Waals surface area contributed by atoms with E-state index in [0.29, 0.717) is 30.9 Å². The molecule has 3 N–H and O–H groups in total. The molecule has 0 fully saturated rings. The summed E-state index contributed by atoms with van der Waals surface area (Å²) in [6.45, 7) is 3.23. The number of nitrogens with one attached hydrogen (secondary N) is 2. The molecule has 0 saturated carbocycles. The number of aromatic nitrogens is 2. The molecule has 1 aromatic heterocycles. The molecule has 2 aromatic carbocycles. The van der Waals surface area contributed by atoms with Crippen LogP contribution in [-0.4, -0.2) is 70.3 Å². The van der Waals surface area contributed by atoms with E-state index in [0.717, 1.165) is 19.5 Å². The first-order valence-corrected chi connectivity index (χ1v) is 11.8. The molecule has 1 aliphatic heterocycles. The molecule has 3 aromatic rings. The van der Waals surface area contributed by atoms with Gasteiger partial charge in [-0.1, -0.05) is 30.3 Å². The summed E-state index contributed by atoms with van der Waals surface area (Å²) in [4.78, 5) is 30.7. The number of aliphatic hydroxyl groups is 1. The van der Waals surface area contributed by atoms with Gasteiger partial charge in [-0.3, -0.25) is 14.5 Å². The van der Waals surface area contributed by atoms with E-state index >= 15 is 0 Å². The van der Waals surface area contributed by atoms with Gasteiger partial charge in [-0.25, -0.2) is 4.98 Å². The minimum atomic E-state index is -0.668. The zero-order chi connectivity index (χ0) is 24.5. The van der Waals surface area contributed by atoms with E-state index in [1.54, 1.807) is 36.8 Å². The van der Waals surface area contributed by atoms with Crippen molar-refractivity contribution < 1.29 is 19.4 Å². The summed E-state index contributed by atoms with van der Waals surface area (Å²) in [7, 11) is 0. The number of carbonyl (C=O) groups is 2. The molecule has 0 bridgehead atoms. The number of aliphatic hydroxyl groups excluding tert-OH is 1. The maximum absolute atomic E-state index is 12.4. The second kappa shape index (κ2) is 12.1. The SMILES string of the molecule is O=C(COc1cccc(C(=O)NCCn2ccnc2)c1)NCC(O)CN1CCc2ccccc2C1. The van der Waals surface area contributed by atoms with Crippen LogP contribution in [0.4, 0.5) is 0 Å². The van der Waals surface area contributed by atoms with Crippen LogP contribution in [0.15, 0.2) is 67.3 Å². The molecule has 9 nitrogen and oxygen atoms in total. The Hall–Kier alpha value is -3.69. The Bertz CT molecular complexity index is 1120. The summed E-state index contributed by atoms with van der Waals surface area (Å²) in [5, 5.41) is 15.9. The fourth-order valence-electron chi connectivity index (χ4n) is 4.05. The van der Waals surface area contributed by atoms with Gasteiger partial charge in [-0.2, -0.15) is 0 Å². The maximum Gasteiger partial charge on any atom is 0.258 e. The quantitative estimate of drug-likeness (QED) is 0.383. The summed E-state index contributed by atoms with van der Waals surface area (Å²) in [6, 6.07) is 15.0. The van der Waals surface area contributed by atoms with E-state index in [1.807, 2.05) is 16.8 Å². The Labute approximate surface area is 204 Å². The molecule has 184 valence electrons. The van der Waals surface area contributed by atoms with Gasteiger partial charge >= 0.3 is 0 Å². The smallest absolute Gasteiger partial charge is 0.258 e. The van der Waals surface area contributed by atoms with Crippen molar-refractivity contribution in [3.63, 3.8) is 0 Å². The average molecular weight is 478 g/mol. The number of β-amino-alcohol motifs (C(OH)–C–C–N with tert-alkyl or cyclic N) is 1. The van der Waals surface area contributed by atoms with Gasteiger partial charge in [0.1, 0.15) is 5.75 Å². The first kappa shape index (κ1) is 24.4. The fourth-order valence-corrected chi connectivity index (χ4v) is 4.05. The zero-order valence-corrected chi connectivity index (χ0v) is 19.6. The van der Waals surface area contributed by atoms with E-state index in [4.69, 9.17) is 4.74 Å². The molecule has 35 heavy (non-hydrogen) atoms. The number of rotatable bonds is 11. The number of amides is 2. The summed E-state index contributed by atoms with van der Waals surface area (Å²) in [5.74, 6) is -0.123. The van der Waals surface area contributed by atoms with Crippen LogP contribution >= 0.6 is 0 Å². The van der Waals surface area contributed by atoms with Gasteiger partial charge in [0.2, 0.25) is 0 Å². The molecular weight excluding hydrogens is 446 g/mol. The molecule has 0 spiro atoms. The van der Waals surface area contributed by atoms with Crippen LogP contribution in [0.2, 0.25) is 0 Å². The highest BCUT2D eigenvalue weighted by Gasteiger charge is 2.19. The predicted molar refractivity (Wildman–Crippen MR) is 131 cm³/mol. The standard InChI is InChI=1S/C26H31N5O4/c32-23(17-31-11-8-20-4-1-2-5-22(20)16-31)15-29-25(33)18-35-24-7-3-6-21(14-24)26(34)28-10-13-30-12-9-27-19-30/h1-7,9,12,14,19,23,32H,8,10-11,13,15-18H2,(H,28,34)(H,29,33). The average Bonchev–Trinajstić information content (AvgIpc) is 3.40. The molecule has 1 atom stereocenters. The van der Waals surface area contributed by atoms with Crippen LogP contribution in [0.3, 0.4) is 0 Å². The predicted octanol–water partition coefficient (Wildman–Crippen LogP) is 1.23. The molecule has 2 amide bonds. The Kier molecular flexibility index (Phi) is 8.48. The normalized spacial score (nSPS) is 14.1. The lowest BCUT2D eigenvalue weighted by atomic mass is 10.00. The molecule has 1 unspecified atom stereocenters. The topological polar surface area (TPSA) is 109 Å². The number of ether oxygens (including phenoxy) is 1. The molecule has 4 rings (SSSR count). The third-order valence-corrected chi connectivity index (χ3v) is 5.89. The van der Waals surface area contributed by atoms with Gasteiger partial charge in [0.05, 0.1) is 12.4 Å². The van der Waals surface area contributed by atoms with E-state index in [9.17, 15) is 14.7 Å². The largest absolute Gasteiger partial charge is 0.484 e. The van der Waals surface area contributed by atoms with E-state index < -0.39 is 6.10 Å². The van der Waals surface area contributed by atoms with Crippen molar-refractivity contribution in [3.05, 3.63) is 83.9 Å². The first-order chi connectivity index (χ1) is 17.1. The van der Waals surface area contributed by atoms with Crippen molar-refractivity contribution in [2.75, 3.05) is 32.8 Å². The second-order valence-electron chi connectivity index (χ2n) is 8.58. The number of fused-ring (bicyclic) bond motifs is 1. The third kappa shape index (κ3) is 7.40. The third-order valence-electron chi connectivity index (χ3n) is 5.89. The molecule has 0 radical (unpaired) electrons. The Morgan fingerprint density at radius 3 is 2.80 bits per heavy atom. The molecule has 0 aliphatic carbocycles. The van der Waals surface area contributed by atoms with Crippen LogP contribution in [0.25, 0.3) is 0 Å². The monoisotopic (exact) mass is 477 g/mol. The Morgan fingerprint density at radius 2 is 1.97 bits per heavy atom. The van der Waals surface area contributed by atoms with Gasteiger partial charge in [0, 0.05) is 57.2 Å². The number of nitrogens with zero attached hydrogens (tertiary/aromatic N) is 3. The van der Waals surface area contributed by atoms with E-state index in [-0.39, 0.29) is 25.0 Å². The molecular formula is C26H31N5O4. The van der Waals surface area contributed by atoms with Gasteiger partial charge < -0.3 is 25.0 Å². The lowest BCUT2D eigenvalue weighted by Crippen LogP contribution is -2.42. The van der Waals surface area contributed by atoms with Crippen molar-refractivity contribution >= 4 is 11.8 Å². The lowest BCUT2D eigenvalue weighted by Gasteiger charge is -2.30. The summed E-state index contributed by atoms with van der Waals surface area (Å²) in [6.07, 6.45) is 5.51. The second-order valence-corrected chi connectivity index (χ2v) is 8.58. The van der Waals surface area contributed by atoms with E-state index in [2.05, 4.69) is 38.7 Å².